The van der Waals surface area contributed by atoms with Gasteiger partial charge in [0.05, 0.1) is 11.4 Å². The van der Waals surface area contributed by atoms with Crippen LogP contribution in [0.5, 0.6) is 0 Å². The Balaban J connectivity index is 1.84. The van der Waals surface area contributed by atoms with Gasteiger partial charge in [0, 0.05) is 16.3 Å². The lowest BCUT2D eigenvalue weighted by atomic mass is 10.2. The highest BCUT2D eigenvalue weighted by Crippen LogP contribution is 2.26. The SMILES string of the molecule is CCCNCc1ccc(SCc2nc(C)c(C)s2)cc1. The first kappa shape index (κ1) is 15.5. The van der Waals surface area contributed by atoms with Crippen molar-refractivity contribution < 1.29 is 0 Å². The van der Waals surface area contributed by atoms with Crippen LogP contribution >= 0.6 is 23.1 Å². The Kier molecular flexibility index (Phi) is 6.07. The maximum Gasteiger partial charge on any atom is 0.103 e. The molecule has 4 heteroatoms. The van der Waals surface area contributed by atoms with Crippen molar-refractivity contribution in [1.82, 2.24) is 10.3 Å². The van der Waals surface area contributed by atoms with Crippen molar-refractivity contribution >= 4 is 23.1 Å². The maximum atomic E-state index is 4.58. The number of nitrogens with one attached hydrogen (secondary N) is 1. The van der Waals surface area contributed by atoms with Crippen molar-refractivity contribution in [3.8, 4) is 0 Å². The fourth-order valence-corrected chi connectivity index (χ4v) is 3.68. The van der Waals surface area contributed by atoms with E-state index < -0.39 is 0 Å². The van der Waals surface area contributed by atoms with Crippen molar-refractivity contribution in [3.05, 3.63) is 45.4 Å². The zero-order chi connectivity index (χ0) is 14.4. The van der Waals surface area contributed by atoms with Crippen molar-refractivity contribution in [2.24, 2.45) is 0 Å². The van der Waals surface area contributed by atoms with Gasteiger partial charge in [-0.15, -0.1) is 23.1 Å². The molecule has 1 heterocycles. The Bertz CT molecular complexity index is 512. The van der Waals surface area contributed by atoms with Crippen LogP contribution in [0.15, 0.2) is 29.2 Å². The van der Waals surface area contributed by atoms with Gasteiger partial charge in [-0.25, -0.2) is 4.98 Å². The van der Waals surface area contributed by atoms with Crippen molar-refractivity contribution in [2.75, 3.05) is 6.54 Å². The van der Waals surface area contributed by atoms with Gasteiger partial charge in [0.2, 0.25) is 0 Å². The van der Waals surface area contributed by atoms with Gasteiger partial charge in [-0.1, -0.05) is 19.1 Å². The Hall–Kier alpha value is -0.840. The third-order valence-corrected chi connectivity index (χ3v) is 5.39. The number of hydrogen-bond donors (Lipinski definition) is 1. The number of rotatable bonds is 7. The molecule has 0 saturated carbocycles. The molecule has 0 atom stereocenters. The highest BCUT2D eigenvalue weighted by molar-refractivity contribution is 7.98. The summed E-state index contributed by atoms with van der Waals surface area (Å²) in [5.74, 6) is 0.965. The molecule has 0 unspecified atom stereocenters. The molecule has 20 heavy (non-hydrogen) atoms. The van der Waals surface area contributed by atoms with Crippen LogP contribution in [0.4, 0.5) is 0 Å². The number of aryl methyl sites for hydroxylation is 2. The molecule has 2 aromatic rings. The predicted octanol–water partition coefficient (Wildman–Crippen LogP) is 4.55. The summed E-state index contributed by atoms with van der Waals surface area (Å²) in [6.45, 7) is 8.45. The average molecular weight is 306 g/mol. The lowest BCUT2D eigenvalue weighted by Crippen LogP contribution is -2.13. The van der Waals surface area contributed by atoms with Crippen molar-refractivity contribution in [3.63, 3.8) is 0 Å². The van der Waals surface area contributed by atoms with Gasteiger partial charge in [-0.3, -0.25) is 0 Å². The van der Waals surface area contributed by atoms with Crippen molar-refractivity contribution in [1.29, 1.82) is 0 Å². The monoisotopic (exact) mass is 306 g/mol. The molecule has 2 nitrogen and oxygen atoms in total. The van der Waals surface area contributed by atoms with Gasteiger partial charge in [-0.2, -0.15) is 0 Å². The molecule has 0 radical (unpaired) electrons. The second-order valence-electron chi connectivity index (χ2n) is 4.86. The molecule has 1 N–H and O–H groups in total. The largest absolute Gasteiger partial charge is 0.313 e. The Morgan fingerprint density at radius 1 is 1.20 bits per heavy atom. The van der Waals surface area contributed by atoms with E-state index in [9.17, 15) is 0 Å². The molecule has 0 aliphatic rings. The maximum absolute atomic E-state index is 4.58. The van der Waals surface area contributed by atoms with E-state index in [1.165, 1.54) is 32.5 Å². The molecule has 0 aliphatic carbocycles. The minimum Gasteiger partial charge on any atom is -0.313 e. The van der Waals surface area contributed by atoms with E-state index in [-0.39, 0.29) is 0 Å². The number of hydrogen-bond acceptors (Lipinski definition) is 4. The second-order valence-corrected chi connectivity index (χ2v) is 7.20. The first-order valence-corrected chi connectivity index (χ1v) is 8.84. The van der Waals surface area contributed by atoms with Crippen LogP contribution in [-0.4, -0.2) is 11.5 Å². The number of aromatic nitrogens is 1. The molecule has 0 spiro atoms. The first-order chi connectivity index (χ1) is 9.69. The topological polar surface area (TPSA) is 24.9 Å². The Morgan fingerprint density at radius 3 is 2.55 bits per heavy atom. The van der Waals surface area contributed by atoms with Crippen LogP contribution in [0, 0.1) is 13.8 Å². The Morgan fingerprint density at radius 2 is 1.95 bits per heavy atom. The molecule has 108 valence electrons. The van der Waals surface area contributed by atoms with E-state index in [4.69, 9.17) is 0 Å². The third kappa shape index (κ3) is 4.62. The summed E-state index contributed by atoms with van der Waals surface area (Å²) < 4.78 is 0. The molecule has 2 rings (SSSR count). The minimum absolute atomic E-state index is 0.962. The molecular weight excluding hydrogens is 284 g/mol. The van der Waals surface area contributed by atoms with Crippen LogP contribution in [0.25, 0.3) is 0 Å². The second kappa shape index (κ2) is 7.81. The standard InChI is InChI=1S/C16H22N2S2/c1-4-9-17-10-14-5-7-15(8-6-14)19-11-16-18-12(2)13(3)20-16/h5-8,17H,4,9-11H2,1-3H3. The van der Waals surface area contributed by atoms with Crippen molar-refractivity contribution in [2.45, 2.75) is 44.4 Å². The zero-order valence-electron chi connectivity index (χ0n) is 12.4. The number of benzene rings is 1. The van der Waals surface area contributed by atoms with E-state index in [0.717, 1.165) is 18.8 Å². The summed E-state index contributed by atoms with van der Waals surface area (Å²) in [4.78, 5) is 7.23. The number of thioether (sulfide) groups is 1. The first-order valence-electron chi connectivity index (χ1n) is 7.04. The minimum atomic E-state index is 0.962. The van der Waals surface area contributed by atoms with Gasteiger partial charge >= 0.3 is 0 Å². The highest BCUT2D eigenvalue weighted by atomic mass is 32.2. The highest BCUT2D eigenvalue weighted by Gasteiger charge is 2.04. The third-order valence-electron chi connectivity index (χ3n) is 3.11. The van der Waals surface area contributed by atoms with Gasteiger partial charge in [0.15, 0.2) is 0 Å². The summed E-state index contributed by atoms with van der Waals surface area (Å²) in [5.41, 5.74) is 2.52. The fraction of sp³-hybridized carbons (Fsp3) is 0.438. The van der Waals surface area contributed by atoms with Crippen LogP contribution in [-0.2, 0) is 12.3 Å². The van der Waals surface area contributed by atoms with Crippen LogP contribution in [0.2, 0.25) is 0 Å². The summed E-state index contributed by atoms with van der Waals surface area (Å²) in [5, 5.41) is 4.64. The summed E-state index contributed by atoms with van der Waals surface area (Å²) >= 11 is 3.67. The van der Waals surface area contributed by atoms with E-state index in [1.807, 2.05) is 23.1 Å². The quantitative estimate of drug-likeness (QED) is 0.600. The number of nitrogens with zero attached hydrogens (tertiary/aromatic N) is 1. The zero-order valence-corrected chi connectivity index (χ0v) is 14.0. The molecule has 1 aromatic heterocycles. The van der Waals surface area contributed by atoms with Crippen LogP contribution in [0.3, 0.4) is 0 Å². The Labute approximate surface area is 130 Å². The average Bonchev–Trinajstić information content (AvgIpc) is 2.77. The fourth-order valence-electron chi connectivity index (χ4n) is 1.86. The predicted molar refractivity (Wildman–Crippen MR) is 89.6 cm³/mol. The van der Waals surface area contributed by atoms with Gasteiger partial charge < -0.3 is 5.32 Å². The molecule has 1 aromatic carbocycles. The van der Waals surface area contributed by atoms with Gasteiger partial charge in [0.25, 0.3) is 0 Å². The van der Waals surface area contributed by atoms with Crippen LogP contribution in [0.1, 0.15) is 34.5 Å². The number of thiazole rings is 1. The normalized spacial score (nSPS) is 10.9. The summed E-state index contributed by atoms with van der Waals surface area (Å²) in [6.07, 6.45) is 1.18. The van der Waals surface area contributed by atoms with E-state index in [2.05, 4.69) is 55.3 Å². The summed E-state index contributed by atoms with van der Waals surface area (Å²) in [6, 6.07) is 8.84. The van der Waals surface area contributed by atoms with Crippen LogP contribution < -0.4 is 5.32 Å². The van der Waals surface area contributed by atoms with Gasteiger partial charge in [0.1, 0.15) is 5.01 Å². The van der Waals surface area contributed by atoms with E-state index in [0.29, 0.717) is 0 Å². The molecule has 0 amide bonds. The van der Waals surface area contributed by atoms with E-state index >= 15 is 0 Å². The molecule has 0 aliphatic heterocycles. The smallest absolute Gasteiger partial charge is 0.103 e. The molecule has 0 bridgehead atoms. The molecule has 0 fully saturated rings. The van der Waals surface area contributed by atoms with E-state index in [1.54, 1.807) is 0 Å². The summed E-state index contributed by atoms with van der Waals surface area (Å²) in [7, 11) is 0. The lowest BCUT2D eigenvalue weighted by molar-refractivity contribution is 0.675. The molecular formula is C16H22N2S2. The van der Waals surface area contributed by atoms with Gasteiger partial charge in [-0.05, 0) is 44.5 Å². The molecule has 0 saturated heterocycles. The lowest BCUT2D eigenvalue weighted by Gasteiger charge is -2.04.